The van der Waals surface area contributed by atoms with Gasteiger partial charge in [0, 0.05) is 10.9 Å². The van der Waals surface area contributed by atoms with E-state index < -0.39 is 0 Å². The van der Waals surface area contributed by atoms with E-state index in [2.05, 4.69) is 22.4 Å². The average molecular weight is 195 g/mol. The van der Waals surface area contributed by atoms with Crippen molar-refractivity contribution < 1.29 is 0 Å². The van der Waals surface area contributed by atoms with E-state index in [1.807, 2.05) is 24.3 Å². The molecule has 1 aromatic heterocycles. The van der Waals surface area contributed by atoms with Gasteiger partial charge in [0.1, 0.15) is 0 Å². The zero-order valence-corrected chi connectivity index (χ0v) is 8.04. The van der Waals surface area contributed by atoms with Crippen molar-refractivity contribution in [3.8, 4) is 6.07 Å². The quantitative estimate of drug-likeness (QED) is 0.678. The molecule has 0 amide bonds. The lowest BCUT2D eigenvalue weighted by molar-refractivity contribution is 1.23. The van der Waals surface area contributed by atoms with Gasteiger partial charge in [0.2, 0.25) is 0 Å². The summed E-state index contributed by atoms with van der Waals surface area (Å²) in [7, 11) is 0. The molecule has 1 aromatic carbocycles. The largest absolute Gasteiger partial charge is 0.378 e. The number of nitrogens with one attached hydrogen (secondary N) is 2. The monoisotopic (exact) mass is 195 g/mol. The molecule has 0 saturated heterocycles. The molecule has 15 heavy (non-hydrogen) atoms. The SMILES string of the molecule is N#CC1=Cc2[nH]c3ccccc3c2NC1. The number of anilines is 1. The van der Waals surface area contributed by atoms with Gasteiger partial charge in [-0.1, -0.05) is 18.2 Å². The van der Waals surface area contributed by atoms with Crippen LogP contribution in [0.5, 0.6) is 0 Å². The molecule has 0 atom stereocenters. The Kier molecular flexibility index (Phi) is 1.57. The topological polar surface area (TPSA) is 51.6 Å². The Morgan fingerprint density at radius 3 is 3.00 bits per heavy atom. The molecular weight excluding hydrogens is 186 g/mol. The van der Waals surface area contributed by atoms with Crippen LogP contribution in [-0.2, 0) is 0 Å². The van der Waals surface area contributed by atoms with Crippen molar-refractivity contribution in [1.82, 2.24) is 4.98 Å². The second-order valence-corrected chi connectivity index (χ2v) is 3.59. The first-order valence-electron chi connectivity index (χ1n) is 4.84. The minimum absolute atomic E-state index is 0.616. The Balaban J connectivity index is 2.30. The van der Waals surface area contributed by atoms with E-state index in [0.717, 1.165) is 22.5 Å². The third-order valence-corrected chi connectivity index (χ3v) is 2.65. The van der Waals surface area contributed by atoms with Gasteiger partial charge in [-0.2, -0.15) is 5.26 Å². The molecule has 3 nitrogen and oxygen atoms in total. The first-order valence-corrected chi connectivity index (χ1v) is 4.84. The first-order chi connectivity index (χ1) is 7.38. The molecule has 2 N–H and O–H groups in total. The maximum absolute atomic E-state index is 8.82. The predicted molar refractivity (Wildman–Crippen MR) is 60.4 cm³/mol. The van der Waals surface area contributed by atoms with Crippen LogP contribution >= 0.6 is 0 Å². The molecule has 0 saturated carbocycles. The molecule has 2 heterocycles. The molecule has 3 rings (SSSR count). The summed E-state index contributed by atoms with van der Waals surface area (Å²) >= 11 is 0. The molecule has 2 aromatic rings. The van der Waals surface area contributed by atoms with E-state index in [4.69, 9.17) is 5.26 Å². The molecule has 0 radical (unpaired) electrons. The van der Waals surface area contributed by atoms with Gasteiger partial charge in [-0.25, -0.2) is 0 Å². The number of benzene rings is 1. The summed E-state index contributed by atoms with van der Waals surface area (Å²) in [6.07, 6.45) is 1.91. The predicted octanol–water partition coefficient (Wildman–Crippen LogP) is 2.50. The van der Waals surface area contributed by atoms with Crippen molar-refractivity contribution in [3.05, 3.63) is 35.5 Å². The number of hydrogen-bond donors (Lipinski definition) is 2. The van der Waals surface area contributed by atoms with Crippen molar-refractivity contribution in [3.63, 3.8) is 0 Å². The van der Waals surface area contributed by atoms with Crippen molar-refractivity contribution in [2.75, 3.05) is 11.9 Å². The molecule has 0 fully saturated rings. The molecule has 72 valence electrons. The molecule has 3 heteroatoms. The van der Waals surface area contributed by atoms with Gasteiger partial charge < -0.3 is 10.3 Å². The number of para-hydroxylation sites is 1. The van der Waals surface area contributed by atoms with E-state index in [9.17, 15) is 0 Å². The number of aromatic amines is 1. The van der Waals surface area contributed by atoms with Crippen LogP contribution in [0.25, 0.3) is 17.0 Å². The van der Waals surface area contributed by atoms with E-state index in [1.54, 1.807) is 0 Å². The second kappa shape index (κ2) is 2.89. The zero-order chi connectivity index (χ0) is 10.3. The summed E-state index contributed by atoms with van der Waals surface area (Å²) in [6.45, 7) is 0.616. The van der Waals surface area contributed by atoms with E-state index in [1.165, 1.54) is 5.39 Å². The summed E-state index contributed by atoms with van der Waals surface area (Å²) in [5.41, 5.74) is 3.96. The normalized spacial score (nSPS) is 13.9. The van der Waals surface area contributed by atoms with Crippen LogP contribution < -0.4 is 5.32 Å². The van der Waals surface area contributed by atoms with Crippen molar-refractivity contribution in [2.24, 2.45) is 0 Å². The van der Waals surface area contributed by atoms with Crippen LogP contribution in [0.4, 0.5) is 5.69 Å². The number of aromatic nitrogens is 1. The standard InChI is InChI=1S/C12H9N3/c13-6-8-5-11-12(14-7-8)9-3-1-2-4-10(9)15-11/h1-5,14-15H,7H2. The highest BCUT2D eigenvalue weighted by molar-refractivity contribution is 5.98. The number of nitriles is 1. The molecule has 0 aliphatic carbocycles. The molecular formula is C12H9N3. The van der Waals surface area contributed by atoms with Crippen molar-refractivity contribution in [2.45, 2.75) is 0 Å². The second-order valence-electron chi connectivity index (χ2n) is 3.59. The highest BCUT2D eigenvalue weighted by Gasteiger charge is 2.14. The minimum Gasteiger partial charge on any atom is -0.378 e. The van der Waals surface area contributed by atoms with Crippen LogP contribution in [0.1, 0.15) is 5.69 Å². The average Bonchev–Trinajstić information content (AvgIpc) is 2.66. The minimum atomic E-state index is 0.616. The van der Waals surface area contributed by atoms with Crippen LogP contribution in [0.3, 0.4) is 0 Å². The third-order valence-electron chi connectivity index (χ3n) is 2.65. The zero-order valence-electron chi connectivity index (χ0n) is 8.04. The number of rotatable bonds is 0. The fourth-order valence-electron chi connectivity index (χ4n) is 1.94. The maximum atomic E-state index is 8.82. The first kappa shape index (κ1) is 8.13. The van der Waals surface area contributed by atoms with Gasteiger partial charge in [0.25, 0.3) is 0 Å². The Morgan fingerprint density at radius 1 is 1.27 bits per heavy atom. The summed E-state index contributed by atoms with van der Waals surface area (Å²) < 4.78 is 0. The van der Waals surface area contributed by atoms with Gasteiger partial charge in [-0.05, 0) is 12.1 Å². The smallest absolute Gasteiger partial charge is 0.0966 e. The fraction of sp³-hybridized carbons (Fsp3) is 0.0833. The van der Waals surface area contributed by atoms with Crippen molar-refractivity contribution in [1.29, 1.82) is 5.26 Å². The summed E-state index contributed by atoms with van der Waals surface area (Å²) in [5, 5.41) is 13.3. The van der Waals surface area contributed by atoms with Gasteiger partial charge in [-0.15, -0.1) is 0 Å². The van der Waals surface area contributed by atoms with E-state index in [0.29, 0.717) is 6.54 Å². The third kappa shape index (κ3) is 1.12. The van der Waals surface area contributed by atoms with Crippen LogP contribution in [0, 0.1) is 11.3 Å². The Hall–Kier alpha value is -2.21. The molecule has 0 bridgehead atoms. The lowest BCUT2D eigenvalue weighted by Gasteiger charge is -2.10. The number of hydrogen-bond acceptors (Lipinski definition) is 2. The summed E-state index contributed by atoms with van der Waals surface area (Å²) in [5.74, 6) is 0. The molecule has 0 unspecified atom stereocenters. The maximum Gasteiger partial charge on any atom is 0.0966 e. The number of nitrogens with zero attached hydrogens (tertiary/aromatic N) is 1. The molecule has 1 aliphatic heterocycles. The highest BCUT2D eigenvalue weighted by atomic mass is 14.9. The molecule has 0 spiro atoms. The van der Waals surface area contributed by atoms with E-state index in [-0.39, 0.29) is 0 Å². The van der Waals surface area contributed by atoms with Gasteiger partial charge in [0.05, 0.1) is 29.6 Å². The van der Waals surface area contributed by atoms with Gasteiger partial charge in [-0.3, -0.25) is 0 Å². The Morgan fingerprint density at radius 2 is 2.13 bits per heavy atom. The Bertz CT molecular complexity index is 599. The van der Waals surface area contributed by atoms with Crippen LogP contribution in [0.15, 0.2) is 29.8 Å². The van der Waals surface area contributed by atoms with Crippen molar-refractivity contribution >= 4 is 22.7 Å². The van der Waals surface area contributed by atoms with Gasteiger partial charge in [0.15, 0.2) is 0 Å². The Labute approximate surface area is 87.0 Å². The number of fused-ring (bicyclic) bond motifs is 3. The summed E-state index contributed by atoms with van der Waals surface area (Å²) in [4.78, 5) is 3.29. The fourth-order valence-corrected chi connectivity index (χ4v) is 1.94. The van der Waals surface area contributed by atoms with E-state index >= 15 is 0 Å². The van der Waals surface area contributed by atoms with Crippen LogP contribution in [-0.4, -0.2) is 11.5 Å². The number of H-pyrrole nitrogens is 1. The summed E-state index contributed by atoms with van der Waals surface area (Å²) in [6, 6.07) is 10.3. The lowest BCUT2D eigenvalue weighted by atomic mass is 10.1. The molecule has 1 aliphatic rings. The lowest BCUT2D eigenvalue weighted by Crippen LogP contribution is -2.08. The van der Waals surface area contributed by atoms with Crippen LogP contribution in [0.2, 0.25) is 0 Å². The highest BCUT2D eigenvalue weighted by Crippen LogP contribution is 2.31. The van der Waals surface area contributed by atoms with Gasteiger partial charge >= 0.3 is 0 Å².